The van der Waals surface area contributed by atoms with Crippen molar-refractivity contribution in [2.24, 2.45) is 0 Å². The number of amides is 2. The highest BCUT2D eigenvalue weighted by molar-refractivity contribution is 6.35. The predicted octanol–water partition coefficient (Wildman–Crippen LogP) is -0.383. The van der Waals surface area contributed by atoms with E-state index in [1.165, 1.54) is 0 Å². The number of rotatable bonds is 4. The summed E-state index contributed by atoms with van der Waals surface area (Å²) in [4.78, 5) is 25.1. The number of piperidine rings is 1. The fraction of sp³-hybridized carbons (Fsp3) is 0.750. The molecule has 0 spiro atoms. The fourth-order valence-electron chi connectivity index (χ4n) is 2.07. The van der Waals surface area contributed by atoms with Crippen LogP contribution >= 0.6 is 0 Å². The first-order valence-electron chi connectivity index (χ1n) is 6.35. The second-order valence-electron chi connectivity index (χ2n) is 4.43. The second-order valence-corrected chi connectivity index (χ2v) is 4.43. The summed E-state index contributed by atoms with van der Waals surface area (Å²) in [6.07, 6.45) is 2.88. The summed E-state index contributed by atoms with van der Waals surface area (Å²) < 4.78 is 0. The van der Waals surface area contributed by atoms with E-state index in [4.69, 9.17) is 5.26 Å². The lowest BCUT2D eigenvalue weighted by molar-refractivity contribution is -0.139. The highest BCUT2D eigenvalue weighted by atomic mass is 16.2. The van der Waals surface area contributed by atoms with E-state index in [1.54, 1.807) is 6.07 Å². The molecule has 100 valence electrons. The predicted molar refractivity (Wildman–Crippen MR) is 66.5 cm³/mol. The summed E-state index contributed by atoms with van der Waals surface area (Å²) in [6, 6.07) is 1.83. The molecular weight excluding hydrogens is 232 g/mol. The molecule has 0 saturated carbocycles. The zero-order valence-corrected chi connectivity index (χ0v) is 10.7. The van der Waals surface area contributed by atoms with E-state index in [1.807, 2.05) is 0 Å². The average molecular weight is 252 g/mol. The van der Waals surface area contributed by atoms with Crippen molar-refractivity contribution in [3.63, 3.8) is 0 Å². The van der Waals surface area contributed by atoms with Crippen molar-refractivity contribution in [2.45, 2.75) is 32.2 Å². The number of hydrogen-bond acceptors (Lipinski definition) is 4. The number of carbonyl (C=O) groups excluding carboxylic acids is 2. The van der Waals surface area contributed by atoms with Crippen LogP contribution in [0.25, 0.3) is 0 Å². The van der Waals surface area contributed by atoms with Gasteiger partial charge >= 0.3 is 11.8 Å². The zero-order valence-electron chi connectivity index (χ0n) is 10.7. The first-order chi connectivity index (χ1) is 8.67. The van der Waals surface area contributed by atoms with Gasteiger partial charge in [-0.05, 0) is 25.8 Å². The lowest BCUT2D eigenvalue weighted by Gasteiger charge is -2.31. The summed E-state index contributed by atoms with van der Waals surface area (Å²) in [5.74, 6) is -1.37. The highest BCUT2D eigenvalue weighted by Crippen LogP contribution is 2.10. The Labute approximate surface area is 107 Å². The lowest BCUT2D eigenvalue weighted by Crippen LogP contribution is -2.49. The Morgan fingerprint density at radius 1 is 1.33 bits per heavy atom. The third-order valence-electron chi connectivity index (χ3n) is 3.00. The number of likely N-dealkylation sites (tertiary alicyclic amines) is 1. The zero-order chi connectivity index (χ0) is 13.4. The van der Waals surface area contributed by atoms with Crippen LogP contribution in [0, 0.1) is 11.3 Å². The Hall–Kier alpha value is -1.61. The van der Waals surface area contributed by atoms with Crippen LogP contribution < -0.4 is 10.6 Å². The fourth-order valence-corrected chi connectivity index (χ4v) is 2.07. The van der Waals surface area contributed by atoms with Gasteiger partial charge in [-0.25, -0.2) is 0 Å². The molecule has 6 nitrogen and oxygen atoms in total. The van der Waals surface area contributed by atoms with Gasteiger partial charge in [0.05, 0.1) is 6.07 Å². The van der Waals surface area contributed by atoms with Crippen LogP contribution in [0.3, 0.4) is 0 Å². The Bertz CT molecular complexity index is 329. The summed E-state index contributed by atoms with van der Waals surface area (Å²) in [5, 5.41) is 13.2. The van der Waals surface area contributed by atoms with Gasteiger partial charge in [0.1, 0.15) is 6.54 Å². The van der Waals surface area contributed by atoms with E-state index < -0.39 is 11.8 Å². The number of carbonyl (C=O) groups is 2. The molecule has 6 heteroatoms. The first kappa shape index (κ1) is 14.5. The van der Waals surface area contributed by atoms with Crippen molar-refractivity contribution in [1.29, 1.82) is 5.26 Å². The smallest absolute Gasteiger partial charge is 0.310 e. The molecular formula is C12H20N4O2. The molecule has 1 aliphatic heterocycles. The second kappa shape index (κ2) is 7.67. The van der Waals surface area contributed by atoms with Gasteiger partial charge in [-0.1, -0.05) is 6.92 Å². The topological polar surface area (TPSA) is 85.2 Å². The maximum atomic E-state index is 11.5. The summed E-state index contributed by atoms with van der Waals surface area (Å²) in [6.45, 7) is 5.01. The van der Waals surface area contributed by atoms with Gasteiger partial charge < -0.3 is 15.5 Å². The first-order valence-corrected chi connectivity index (χ1v) is 6.35. The van der Waals surface area contributed by atoms with Crippen LogP contribution in [0.1, 0.15) is 26.2 Å². The van der Waals surface area contributed by atoms with Crippen molar-refractivity contribution in [1.82, 2.24) is 15.5 Å². The third-order valence-corrected chi connectivity index (χ3v) is 3.00. The normalized spacial score (nSPS) is 16.9. The Kier molecular flexibility index (Phi) is 6.15. The Morgan fingerprint density at radius 3 is 2.56 bits per heavy atom. The maximum Gasteiger partial charge on any atom is 0.310 e. The van der Waals surface area contributed by atoms with Gasteiger partial charge in [-0.3, -0.25) is 9.59 Å². The molecule has 1 rings (SSSR count). The van der Waals surface area contributed by atoms with Crippen molar-refractivity contribution in [2.75, 3.05) is 26.2 Å². The van der Waals surface area contributed by atoms with Crippen LogP contribution in [0.5, 0.6) is 0 Å². The van der Waals surface area contributed by atoms with Crippen LogP contribution in [-0.4, -0.2) is 48.9 Å². The minimum absolute atomic E-state index is 0.0680. The molecule has 0 radical (unpaired) electrons. The summed E-state index contributed by atoms with van der Waals surface area (Å²) >= 11 is 0. The largest absolute Gasteiger partial charge is 0.345 e. The van der Waals surface area contributed by atoms with E-state index in [0.717, 1.165) is 38.9 Å². The van der Waals surface area contributed by atoms with Gasteiger partial charge in [0.25, 0.3) is 0 Å². The molecule has 0 aromatic heterocycles. The molecule has 0 aromatic rings. The molecule has 1 fully saturated rings. The highest BCUT2D eigenvalue weighted by Gasteiger charge is 2.22. The molecule has 0 atom stereocenters. The molecule has 1 heterocycles. The number of hydrogen-bond donors (Lipinski definition) is 2. The van der Waals surface area contributed by atoms with E-state index in [2.05, 4.69) is 22.5 Å². The quantitative estimate of drug-likeness (QED) is 0.527. The van der Waals surface area contributed by atoms with E-state index in [9.17, 15) is 9.59 Å². The van der Waals surface area contributed by atoms with Gasteiger partial charge in [0, 0.05) is 19.1 Å². The lowest BCUT2D eigenvalue weighted by atomic mass is 10.0. The monoisotopic (exact) mass is 252 g/mol. The maximum absolute atomic E-state index is 11.5. The molecule has 1 aliphatic rings. The molecule has 1 saturated heterocycles. The van der Waals surface area contributed by atoms with Crippen molar-refractivity contribution in [3.8, 4) is 6.07 Å². The number of nitriles is 1. The van der Waals surface area contributed by atoms with Gasteiger partial charge in [-0.2, -0.15) is 5.26 Å². The number of nitrogens with one attached hydrogen (secondary N) is 2. The van der Waals surface area contributed by atoms with Crippen molar-refractivity contribution in [3.05, 3.63) is 0 Å². The minimum Gasteiger partial charge on any atom is -0.345 e. The van der Waals surface area contributed by atoms with E-state index >= 15 is 0 Å². The summed E-state index contributed by atoms with van der Waals surface area (Å²) in [5.41, 5.74) is 0. The molecule has 0 unspecified atom stereocenters. The number of nitrogens with zero attached hydrogens (tertiary/aromatic N) is 2. The van der Waals surface area contributed by atoms with Crippen molar-refractivity contribution < 1.29 is 9.59 Å². The van der Waals surface area contributed by atoms with Crippen molar-refractivity contribution >= 4 is 11.8 Å². The average Bonchev–Trinajstić information content (AvgIpc) is 2.38. The van der Waals surface area contributed by atoms with E-state index in [-0.39, 0.29) is 12.6 Å². The standard InChI is InChI=1S/C12H20N4O2/c1-2-7-16-8-3-10(4-9-16)15-12(18)11(17)14-6-5-13/h10H,2-4,6-9H2,1H3,(H,14,17)(H,15,18). The summed E-state index contributed by atoms with van der Waals surface area (Å²) in [7, 11) is 0. The van der Waals surface area contributed by atoms with Crippen LogP contribution in [-0.2, 0) is 9.59 Å². The van der Waals surface area contributed by atoms with Gasteiger partial charge in [0.2, 0.25) is 0 Å². The molecule has 0 bridgehead atoms. The Balaban J connectivity index is 2.26. The Morgan fingerprint density at radius 2 is 2.00 bits per heavy atom. The third kappa shape index (κ3) is 4.72. The minimum atomic E-state index is -0.729. The van der Waals surface area contributed by atoms with E-state index in [0.29, 0.717) is 0 Å². The van der Waals surface area contributed by atoms with Gasteiger partial charge in [0.15, 0.2) is 0 Å². The van der Waals surface area contributed by atoms with Gasteiger partial charge in [-0.15, -0.1) is 0 Å². The van der Waals surface area contributed by atoms with Crippen LogP contribution in [0.4, 0.5) is 0 Å². The molecule has 0 aromatic carbocycles. The van der Waals surface area contributed by atoms with Crippen LogP contribution in [0.15, 0.2) is 0 Å². The molecule has 2 N–H and O–H groups in total. The molecule has 2 amide bonds. The SMILES string of the molecule is CCCN1CCC(NC(=O)C(=O)NCC#N)CC1. The van der Waals surface area contributed by atoms with Crippen LogP contribution in [0.2, 0.25) is 0 Å². The molecule has 0 aliphatic carbocycles. The molecule has 18 heavy (non-hydrogen) atoms.